The summed E-state index contributed by atoms with van der Waals surface area (Å²) in [7, 11) is -3.86. The summed E-state index contributed by atoms with van der Waals surface area (Å²) in [5.41, 5.74) is 8.09. The van der Waals surface area contributed by atoms with Crippen molar-refractivity contribution in [3.8, 4) is 0 Å². The molecule has 0 bridgehead atoms. The summed E-state index contributed by atoms with van der Waals surface area (Å²) in [6, 6.07) is 24.1. The van der Waals surface area contributed by atoms with Gasteiger partial charge in [0.15, 0.2) is 0 Å². The zero-order valence-corrected chi connectivity index (χ0v) is 27.0. The Kier molecular flexibility index (Phi) is 12.2. The van der Waals surface area contributed by atoms with E-state index >= 15 is 0 Å². The van der Waals surface area contributed by atoms with E-state index in [4.69, 9.17) is 5.73 Å². The van der Waals surface area contributed by atoms with Crippen molar-refractivity contribution in [1.29, 1.82) is 0 Å². The maximum absolute atomic E-state index is 13.7. The number of rotatable bonds is 17. The summed E-state index contributed by atoms with van der Waals surface area (Å²) in [6.45, 7) is 4.16. The third-order valence-corrected chi connectivity index (χ3v) is 10.0. The number of nitrogens with one attached hydrogen (secondary N) is 2. The number of nitrogens with zero attached hydrogens (tertiary/aromatic N) is 1. The van der Waals surface area contributed by atoms with E-state index in [1.807, 2.05) is 74.5 Å². The van der Waals surface area contributed by atoms with Crippen molar-refractivity contribution < 1.29 is 23.1 Å². The first-order chi connectivity index (χ1) is 21.6. The summed E-state index contributed by atoms with van der Waals surface area (Å²) < 4.78 is 28.5. The first kappa shape index (κ1) is 34.1. The third kappa shape index (κ3) is 9.39. The molecule has 10 heteroatoms. The molecule has 0 unspecified atom stereocenters. The summed E-state index contributed by atoms with van der Waals surface area (Å²) in [6.07, 6.45) is 3.23. The number of benzene rings is 3. The van der Waals surface area contributed by atoms with Gasteiger partial charge in [-0.15, -0.1) is 0 Å². The van der Waals surface area contributed by atoms with E-state index in [1.54, 1.807) is 12.1 Å². The molecule has 5 N–H and O–H groups in total. The predicted molar refractivity (Wildman–Crippen MR) is 177 cm³/mol. The number of nitrogens with two attached hydrogens (primary N) is 1. The van der Waals surface area contributed by atoms with Gasteiger partial charge in [-0.05, 0) is 67.0 Å². The minimum absolute atomic E-state index is 0.0480. The van der Waals surface area contributed by atoms with Crippen molar-refractivity contribution in [2.75, 3.05) is 25.4 Å². The number of nitrogen functional groups attached to an aromatic ring is 1. The van der Waals surface area contributed by atoms with Gasteiger partial charge in [-0.25, -0.2) is 8.42 Å². The number of aliphatic hydroxyl groups excluding tert-OH is 1. The molecule has 2 atom stereocenters. The van der Waals surface area contributed by atoms with Gasteiger partial charge in [-0.3, -0.25) is 9.59 Å². The maximum Gasteiger partial charge on any atom is 0.243 e. The normalized spacial score (nSPS) is 14.8. The van der Waals surface area contributed by atoms with E-state index in [0.29, 0.717) is 31.5 Å². The minimum atomic E-state index is -3.86. The van der Waals surface area contributed by atoms with Crippen LogP contribution in [-0.2, 0) is 19.6 Å². The quantitative estimate of drug-likeness (QED) is 0.129. The lowest BCUT2D eigenvalue weighted by atomic mass is 9.84. The summed E-state index contributed by atoms with van der Waals surface area (Å²) in [4.78, 5) is 26.8. The Hall–Kier alpha value is -3.73. The van der Waals surface area contributed by atoms with Gasteiger partial charge in [0.05, 0.1) is 11.5 Å². The molecule has 1 fully saturated rings. The number of carbonyl (C=O) groups is 2. The predicted octanol–water partition coefficient (Wildman–Crippen LogP) is 4.29. The average Bonchev–Trinajstić information content (AvgIpc) is 3.89. The Balaban J connectivity index is 1.43. The van der Waals surface area contributed by atoms with Crippen molar-refractivity contribution >= 4 is 27.5 Å². The van der Waals surface area contributed by atoms with Crippen LogP contribution in [0.15, 0.2) is 89.8 Å². The number of anilines is 1. The number of carbonyl (C=O) groups excluding carboxylic acids is 2. The van der Waals surface area contributed by atoms with E-state index in [2.05, 4.69) is 10.6 Å². The molecular weight excluding hydrogens is 588 g/mol. The molecular formula is C35H46N4O5S. The zero-order chi connectivity index (χ0) is 32.4. The van der Waals surface area contributed by atoms with Gasteiger partial charge in [-0.1, -0.05) is 80.9 Å². The van der Waals surface area contributed by atoms with E-state index in [0.717, 1.165) is 24.0 Å². The molecule has 3 aromatic rings. The molecule has 1 aliphatic rings. The molecule has 1 saturated carbocycles. The van der Waals surface area contributed by atoms with Crippen LogP contribution >= 0.6 is 0 Å². The van der Waals surface area contributed by atoms with Gasteiger partial charge in [-0.2, -0.15) is 4.31 Å². The Bertz CT molecular complexity index is 1440. The first-order valence-corrected chi connectivity index (χ1v) is 17.2. The van der Waals surface area contributed by atoms with Crippen LogP contribution in [0.3, 0.4) is 0 Å². The highest BCUT2D eigenvalue weighted by atomic mass is 32.2. The highest BCUT2D eigenvalue weighted by molar-refractivity contribution is 7.89. The molecule has 242 valence electrons. The van der Waals surface area contributed by atoms with Crippen LogP contribution in [-0.4, -0.2) is 61.4 Å². The number of sulfonamides is 1. The highest BCUT2D eigenvalue weighted by Gasteiger charge is 2.37. The Morgan fingerprint density at radius 1 is 0.911 bits per heavy atom. The van der Waals surface area contributed by atoms with Crippen LogP contribution in [0.4, 0.5) is 5.69 Å². The molecule has 1 aliphatic carbocycles. The van der Waals surface area contributed by atoms with Crippen LogP contribution in [0, 0.1) is 11.8 Å². The number of aliphatic hydroxyl groups is 1. The SMILES string of the molecule is CC(C)CN([C@H](CO)CCCCNC(=O)[C@@H](NC(=O)C1CC1)C(c1ccccc1)c1ccccc1)S(=O)(=O)c1ccc(N)cc1. The molecule has 0 radical (unpaired) electrons. The van der Waals surface area contributed by atoms with Crippen LogP contribution in [0.2, 0.25) is 0 Å². The van der Waals surface area contributed by atoms with Gasteiger partial charge in [0.1, 0.15) is 6.04 Å². The largest absolute Gasteiger partial charge is 0.399 e. The summed E-state index contributed by atoms with van der Waals surface area (Å²) in [5.74, 6) is -0.761. The maximum atomic E-state index is 13.7. The zero-order valence-electron chi connectivity index (χ0n) is 26.1. The monoisotopic (exact) mass is 634 g/mol. The van der Waals surface area contributed by atoms with E-state index in [-0.39, 0.29) is 47.6 Å². The lowest BCUT2D eigenvalue weighted by Crippen LogP contribution is -2.51. The topological polar surface area (TPSA) is 142 Å². The molecule has 0 aliphatic heterocycles. The average molecular weight is 635 g/mol. The van der Waals surface area contributed by atoms with Crippen molar-refractivity contribution in [2.24, 2.45) is 11.8 Å². The van der Waals surface area contributed by atoms with Gasteiger partial charge < -0.3 is 21.5 Å². The molecule has 2 amide bonds. The Labute approximate surface area is 267 Å². The second-order valence-electron chi connectivity index (χ2n) is 12.2. The molecule has 0 spiro atoms. The van der Waals surface area contributed by atoms with Crippen LogP contribution in [0.25, 0.3) is 0 Å². The van der Waals surface area contributed by atoms with Gasteiger partial charge in [0.25, 0.3) is 0 Å². The molecule has 4 rings (SSSR count). The summed E-state index contributed by atoms with van der Waals surface area (Å²) >= 11 is 0. The van der Waals surface area contributed by atoms with Gasteiger partial charge in [0.2, 0.25) is 21.8 Å². The third-order valence-electron chi connectivity index (χ3n) is 8.09. The molecule has 45 heavy (non-hydrogen) atoms. The Morgan fingerprint density at radius 2 is 1.49 bits per heavy atom. The van der Waals surface area contributed by atoms with E-state index < -0.39 is 22.1 Å². The number of amides is 2. The van der Waals surface area contributed by atoms with Crippen LogP contribution in [0.1, 0.15) is 63.0 Å². The highest BCUT2D eigenvalue weighted by Crippen LogP contribution is 2.32. The summed E-state index contributed by atoms with van der Waals surface area (Å²) in [5, 5.41) is 16.3. The smallest absolute Gasteiger partial charge is 0.243 e. The van der Waals surface area contributed by atoms with Crippen molar-refractivity contribution in [2.45, 2.75) is 68.8 Å². The fraction of sp³-hybridized carbons (Fsp3) is 0.429. The van der Waals surface area contributed by atoms with Crippen molar-refractivity contribution in [3.63, 3.8) is 0 Å². The minimum Gasteiger partial charge on any atom is -0.399 e. The fourth-order valence-electron chi connectivity index (χ4n) is 5.55. The van der Waals surface area contributed by atoms with Crippen LogP contribution < -0.4 is 16.4 Å². The number of hydrogen-bond acceptors (Lipinski definition) is 6. The van der Waals surface area contributed by atoms with Gasteiger partial charge >= 0.3 is 0 Å². The molecule has 3 aromatic carbocycles. The number of unbranched alkanes of at least 4 members (excludes halogenated alkanes) is 1. The van der Waals surface area contributed by atoms with Crippen molar-refractivity contribution in [1.82, 2.24) is 14.9 Å². The molecule has 9 nitrogen and oxygen atoms in total. The van der Waals surface area contributed by atoms with Crippen molar-refractivity contribution in [3.05, 3.63) is 96.1 Å². The van der Waals surface area contributed by atoms with E-state index in [9.17, 15) is 23.1 Å². The lowest BCUT2D eigenvalue weighted by Gasteiger charge is -2.31. The molecule has 0 saturated heterocycles. The standard InChI is InChI=1S/C35H46N4O5S/c1-25(2)23-39(45(43,44)31-20-18-29(36)19-21-31)30(24-40)15-9-10-22-37-35(42)33(38-34(41)28-16-17-28)32(26-11-5-3-6-12-26)27-13-7-4-8-14-27/h3-8,11-14,18-21,25,28,30,32-33,40H,9-10,15-17,22-24,36H2,1-2H3,(H,37,42)(H,38,41)/t30-,33-/m0/s1. The molecule has 0 heterocycles. The second kappa shape index (κ2) is 16.0. The fourth-order valence-corrected chi connectivity index (χ4v) is 7.36. The van der Waals surface area contributed by atoms with Crippen LogP contribution in [0.5, 0.6) is 0 Å². The van der Waals surface area contributed by atoms with E-state index in [1.165, 1.54) is 16.4 Å². The van der Waals surface area contributed by atoms with Gasteiger partial charge in [0, 0.05) is 36.7 Å². The second-order valence-corrected chi connectivity index (χ2v) is 14.1. The number of hydrogen-bond donors (Lipinski definition) is 4. The lowest BCUT2D eigenvalue weighted by molar-refractivity contribution is -0.130. The molecule has 0 aromatic heterocycles. The first-order valence-electron chi connectivity index (χ1n) is 15.8. The Morgan fingerprint density at radius 3 is 2.00 bits per heavy atom.